The van der Waals surface area contributed by atoms with Crippen LogP contribution < -0.4 is 0 Å². The third kappa shape index (κ3) is 9.90. The van der Waals surface area contributed by atoms with E-state index in [4.69, 9.17) is 18.9 Å². The van der Waals surface area contributed by atoms with Crippen LogP contribution in [0.4, 0.5) is 0 Å². The van der Waals surface area contributed by atoms with Gasteiger partial charge >= 0.3 is 0 Å². The SMILES string of the molecule is CCCOC1OC(CS)C(O)C(O)C1O.OC1C(CS)OC(OCCCCCS)C(O)C1O. The number of thiol groups is 3. The Morgan fingerprint density at radius 3 is 1.45 bits per heavy atom. The molecule has 0 aromatic carbocycles. The first kappa shape index (κ1) is 31.7. The quantitative estimate of drug-likeness (QED) is 0.118. The van der Waals surface area contributed by atoms with E-state index in [0.29, 0.717) is 13.2 Å². The highest BCUT2D eigenvalue weighted by atomic mass is 32.1. The molecule has 2 rings (SSSR count). The van der Waals surface area contributed by atoms with Gasteiger partial charge in [-0.3, -0.25) is 0 Å². The Morgan fingerprint density at radius 2 is 1.06 bits per heavy atom. The Bertz CT molecular complexity index is 505. The highest BCUT2D eigenvalue weighted by Gasteiger charge is 2.44. The standard InChI is InChI=1S/C11H22O5S2.C9H18O5S/c12-8-7(6-18)16-11(10(14)9(8)13)15-4-2-1-3-5-17;1-2-3-13-9-8(12)7(11)6(10)5(4-15)14-9/h7-14,17-18H,1-6H2;5-12,15H,2-4H2,1H3. The Kier molecular flexibility index (Phi) is 16.5. The van der Waals surface area contributed by atoms with Gasteiger partial charge in [-0.1, -0.05) is 13.3 Å². The Morgan fingerprint density at radius 1 is 0.606 bits per heavy atom. The second kappa shape index (κ2) is 17.2. The molecule has 0 amide bonds. The number of unbranched alkanes of at least 4 members (excludes halogenated alkanes) is 2. The molecule has 10 nitrogen and oxygen atoms in total. The van der Waals surface area contributed by atoms with Gasteiger partial charge in [0.05, 0.1) is 12.2 Å². The summed E-state index contributed by atoms with van der Waals surface area (Å²) in [6.45, 7) is 2.80. The summed E-state index contributed by atoms with van der Waals surface area (Å²) in [4.78, 5) is 0. The number of ether oxygens (including phenoxy) is 4. The largest absolute Gasteiger partial charge is 0.388 e. The first-order chi connectivity index (χ1) is 15.7. The average molecular weight is 537 g/mol. The van der Waals surface area contributed by atoms with Crippen molar-refractivity contribution in [3.05, 3.63) is 0 Å². The van der Waals surface area contributed by atoms with Crippen LogP contribution in [0.5, 0.6) is 0 Å². The minimum Gasteiger partial charge on any atom is -0.388 e. The molecule has 0 spiro atoms. The van der Waals surface area contributed by atoms with E-state index < -0.39 is 61.4 Å². The molecule has 0 saturated carbocycles. The second-order valence-corrected chi connectivity index (χ2v) is 9.10. The molecular formula is C20H40O10S3. The van der Waals surface area contributed by atoms with Gasteiger partial charge in [0.1, 0.15) is 36.6 Å². The van der Waals surface area contributed by atoms with Crippen molar-refractivity contribution < 1.29 is 49.6 Å². The van der Waals surface area contributed by atoms with Gasteiger partial charge in [-0.05, 0) is 25.0 Å². The van der Waals surface area contributed by atoms with E-state index in [1.807, 2.05) is 6.92 Å². The molecule has 198 valence electrons. The fraction of sp³-hybridized carbons (Fsp3) is 1.00. The maximum atomic E-state index is 9.73. The normalized spacial score (nSPS) is 39.1. The molecule has 33 heavy (non-hydrogen) atoms. The molecule has 0 radical (unpaired) electrons. The van der Waals surface area contributed by atoms with Gasteiger partial charge in [-0.15, -0.1) is 0 Å². The minimum absolute atomic E-state index is 0.254. The minimum atomic E-state index is -1.27. The summed E-state index contributed by atoms with van der Waals surface area (Å²) in [7, 11) is 0. The van der Waals surface area contributed by atoms with Crippen molar-refractivity contribution in [2.75, 3.05) is 30.5 Å². The number of aliphatic hydroxyl groups excluding tert-OH is 6. The van der Waals surface area contributed by atoms with Crippen molar-refractivity contribution in [3.8, 4) is 0 Å². The number of hydrogen-bond acceptors (Lipinski definition) is 13. The molecule has 2 fully saturated rings. The van der Waals surface area contributed by atoms with Crippen molar-refractivity contribution in [2.45, 2.75) is 94.0 Å². The molecule has 10 atom stereocenters. The Balaban J connectivity index is 0.000000335. The molecule has 13 heteroatoms. The molecule has 0 aromatic rings. The molecule has 2 aliphatic rings. The highest BCUT2D eigenvalue weighted by Crippen LogP contribution is 2.24. The smallest absolute Gasteiger partial charge is 0.186 e. The van der Waals surface area contributed by atoms with Crippen LogP contribution in [0.15, 0.2) is 0 Å². The summed E-state index contributed by atoms with van der Waals surface area (Å²) in [5, 5.41) is 57.6. The molecule has 2 aliphatic heterocycles. The van der Waals surface area contributed by atoms with Gasteiger partial charge < -0.3 is 49.6 Å². The van der Waals surface area contributed by atoms with Crippen molar-refractivity contribution in [1.82, 2.24) is 0 Å². The summed E-state index contributed by atoms with van der Waals surface area (Å²) < 4.78 is 21.2. The molecule has 0 aliphatic carbocycles. The zero-order valence-corrected chi connectivity index (χ0v) is 21.5. The van der Waals surface area contributed by atoms with Crippen molar-refractivity contribution >= 4 is 37.9 Å². The molecule has 2 heterocycles. The molecule has 2 saturated heterocycles. The summed E-state index contributed by atoms with van der Waals surface area (Å²) in [6, 6.07) is 0. The van der Waals surface area contributed by atoms with Crippen LogP contribution >= 0.6 is 37.9 Å². The Labute approximate surface area is 211 Å². The molecule has 6 N–H and O–H groups in total. The second-order valence-electron chi connectivity index (χ2n) is 7.92. The van der Waals surface area contributed by atoms with E-state index >= 15 is 0 Å². The average Bonchev–Trinajstić information content (AvgIpc) is 2.82. The van der Waals surface area contributed by atoms with Crippen molar-refractivity contribution in [1.29, 1.82) is 0 Å². The van der Waals surface area contributed by atoms with Gasteiger partial charge in [0.2, 0.25) is 0 Å². The molecular weight excluding hydrogens is 496 g/mol. The zero-order chi connectivity index (χ0) is 25.0. The third-order valence-corrected chi connectivity index (χ3v) is 6.30. The van der Waals surface area contributed by atoms with E-state index in [1.54, 1.807) is 0 Å². The fourth-order valence-electron chi connectivity index (χ4n) is 3.23. The van der Waals surface area contributed by atoms with Crippen molar-refractivity contribution in [2.24, 2.45) is 0 Å². The predicted molar refractivity (Wildman–Crippen MR) is 131 cm³/mol. The Hall–Kier alpha value is 0.650. The maximum Gasteiger partial charge on any atom is 0.186 e. The van der Waals surface area contributed by atoms with Gasteiger partial charge in [0.15, 0.2) is 12.6 Å². The van der Waals surface area contributed by atoms with Crippen LogP contribution in [0.1, 0.15) is 32.6 Å². The first-order valence-electron chi connectivity index (χ1n) is 11.2. The first-order valence-corrected chi connectivity index (χ1v) is 13.1. The van der Waals surface area contributed by atoms with Crippen molar-refractivity contribution in [3.63, 3.8) is 0 Å². The lowest BCUT2D eigenvalue weighted by molar-refractivity contribution is -0.292. The van der Waals surface area contributed by atoms with E-state index in [9.17, 15) is 30.6 Å². The zero-order valence-electron chi connectivity index (χ0n) is 18.8. The van der Waals surface area contributed by atoms with Gasteiger partial charge in [0, 0.05) is 24.7 Å². The predicted octanol–water partition coefficient (Wildman–Crippen LogP) is -1.01. The van der Waals surface area contributed by atoms with Crippen LogP contribution in [-0.2, 0) is 18.9 Å². The third-order valence-electron chi connectivity index (χ3n) is 5.27. The van der Waals surface area contributed by atoms with Crippen LogP contribution in [0.3, 0.4) is 0 Å². The maximum absolute atomic E-state index is 9.73. The lowest BCUT2D eigenvalue weighted by Crippen LogP contribution is -2.58. The number of rotatable bonds is 11. The van der Waals surface area contributed by atoms with Crippen LogP contribution in [0.25, 0.3) is 0 Å². The number of aliphatic hydroxyl groups is 6. The molecule has 0 aromatic heterocycles. The van der Waals surface area contributed by atoms with E-state index in [-0.39, 0.29) is 11.5 Å². The van der Waals surface area contributed by atoms with Crippen LogP contribution in [0, 0.1) is 0 Å². The summed E-state index contributed by atoms with van der Waals surface area (Å²) in [5.41, 5.74) is 0. The summed E-state index contributed by atoms with van der Waals surface area (Å²) >= 11 is 12.1. The van der Waals surface area contributed by atoms with Crippen LogP contribution in [-0.4, -0.2) is 123 Å². The van der Waals surface area contributed by atoms with Crippen LogP contribution in [0.2, 0.25) is 0 Å². The summed E-state index contributed by atoms with van der Waals surface area (Å²) in [6.07, 6.45) is -6.64. The molecule has 0 bridgehead atoms. The fourth-order valence-corrected chi connectivity index (χ4v) is 4.06. The monoisotopic (exact) mass is 536 g/mol. The van der Waals surface area contributed by atoms with E-state index in [1.165, 1.54) is 0 Å². The molecule has 10 unspecified atom stereocenters. The van der Waals surface area contributed by atoms with Gasteiger partial charge in [-0.25, -0.2) is 0 Å². The topological polar surface area (TPSA) is 158 Å². The number of hydrogen-bond donors (Lipinski definition) is 9. The lowest BCUT2D eigenvalue weighted by Gasteiger charge is -2.39. The van der Waals surface area contributed by atoms with Gasteiger partial charge in [0.25, 0.3) is 0 Å². The van der Waals surface area contributed by atoms with Gasteiger partial charge in [-0.2, -0.15) is 37.9 Å². The highest BCUT2D eigenvalue weighted by molar-refractivity contribution is 7.80. The lowest BCUT2D eigenvalue weighted by atomic mass is 10.00. The van der Waals surface area contributed by atoms with E-state index in [0.717, 1.165) is 31.4 Å². The summed E-state index contributed by atoms with van der Waals surface area (Å²) in [5.74, 6) is 1.36. The van der Waals surface area contributed by atoms with E-state index in [2.05, 4.69) is 37.9 Å².